The first-order chi connectivity index (χ1) is 8.15. The van der Waals surface area contributed by atoms with Crippen LogP contribution in [-0.2, 0) is 11.2 Å². The number of primary amides is 1. The molecule has 2 amide bonds. The lowest BCUT2D eigenvalue weighted by Gasteiger charge is -2.08. The van der Waals surface area contributed by atoms with Crippen LogP contribution in [0.3, 0.4) is 0 Å². The van der Waals surface area contributed by atoms with Gasteiger partial charge in [0.05, 0.1) is 6.54 Å². The van der Waals surface area contributed by atoms with E-state index in [-0.39, 0.29) is 19.1 Å². The standard InChI is InChI=1S/C12H16N2O3/c1-2-9-5-3-4-6-10(9)11(15)14-7-8-17-12(13)16/h3-6H,2,7-8H2,1H3,(H2,13,16)(H,14,15). The van der Waals surface area contributed by atoms with Crippen LogP contribution in [-0.4, -0.2) is 25.2 Å². The van der Waals surface area contributed by atoms with Gasteiger partial charge in [0.1, 0.15) is 6.61 Å². The summed E-state index contributed by atoms with van der Waals surface area (Å²) in [6, 6.07) is 7.39. The second kappa shape index (κ2) is 6.52. The molecule has 0 saturated heterocycles. The van der Waals surface area contributed by atoms with Crippen LogP contribution in [0.2, 0.25) is 0 Å². The first-order valence-electron chi connectivity index (χ1n) is 5.43. The largest absolute Gasteiger partial charge is 0.448 e. The lowest BCUT2D eigenvalue weighted by Crippen LogP contribution is -2.29. The number of benzene rings is 1. The molecule has 0 unspecified atom stereocenters. The summed E-state index contributed by atoms with van der Waals surface area (Å²) in [6.07, 6.45) is -0.0466. The van der Waals surface area contributed by atoms with E-state index in [0.29, 0.717) is 5.56 Å². The van der Waals surface area contributed by atoms with E-state index in [1.165, 1.54) is 0 Å². The van der Waals surface area contributed by atoms with Gasteiger partial charge in [-0.3, -0.25) is 4.79 Å². The van der Waals surface area contributed by atoms with Crippen molar-refractivity contribution in [2.45, 2.75) is 13.3 Å². The molecule has 0 radical (unpaired) electrons. The monoisotopic (exact) mass is 236 g/mol. The number of carbonyl (C=O) groups is 2. The molecule has 1 aromatic rings. The Labute approximate surface area is 99.9 Å². The fraction of sp³-hybridized carbons (Fsp3) is 0.333. The Bertz CT molecular complexity index is 404. The van der Waals surface area contributed by atoms with Crippen LogP contribution < -0.4 is 11.1 Å². The highest BCUT2D eigenvalue weighted by Gasteiger charge is 2.08. The van der Waals surface area contributed by atoms with Crippen molar-refractivity contribution in [1.29, 1.82) is 0 Å². The summed E-state index contributed by atoms with van der Waals surface area (Å²) in [5.41, 5.74) is 6.43. The van der Waals surface area contributed by atoms with Crippen LogP contribution in [0, 0.1) is 0 Å². The maximum absolute atomic E-state index is 11.8. The minimum Gasteiger partial charge on any atom is -0.448 e. The van der Waals surface area contributed by atoms with Crippen LogP contribution in [0.15, 0.2) is 24.3 Å². The molecule has 0 aliphatic rings. The van der Waals surface area contributed by atoms with E-state index in [1.54, 1.807) is 6.07 Å². The molecule has 92 valence electrons. The maximum atomic E-state index is 11.8. The second-order valence-electron chi connectivity index (χ2n) is 3.43. The van der Waals surface area contributed by atoms with Crippen molar-refractivity contribution in [3.05, 3.63) is 35.4 Å². The molecular weight excluding hydrogens is 220 g/mol. The van der Waals surface area contributed by atoms with E-state index in [2.05, 4.69) is 10.1 Å². The summed E-state index contributed by atoms with van der Waals surface area (Å²) in [6.45, 7) is 2.32. The van der Waals surface area contributed by atoms with Gasteiger partial charge < -0.3 is 15.8 Å². The third-order valence-electron chi connectivity index (χ3n) is 2.27. The first kappa shape index (κ1) is 13.0. The van der Waals surface area contributed by atoms with E-state index >= 15 is 0 Å². The summed E-state index contributed by atoms with van der Waals surface area (Å²) in [5.74, 6) is -0.171. The number of rotatable bonds is 5. The molecule has 0 heterocycles. The Morgan fingerprint density at radius 2 is 2.06 bits per heavy atom. The average molecular weight is 236 g/mol. The molecule has 0 aliphatic carbocycles. The van der Waals surface area contributed by atoms with Crippen LogP contribution in [0.4, 0.5) is 4.79 Å². The van der Waals surface area contributed by atoms with Crippen LogP contribution in [0.1, 0.15) is 22.8 Å². The molecule has 0 fully saturated rings. The number of nitrogens with two attached hydrogens (primary N) is 1. The topological polar surface area (TPSA) is 81.4 Å². The normalized spacial score (nSPS) is 9.71. The first-order valence-corrected chi connectivity index (χ1v) is 5.43. The average Bonchev–Trinajstić information content (AvgIpc) is 2.34. The fourth-order valence-electron chi connectivity index (χ4n) is 1.46. The van der Waals surface area contributed by atoms with Crippen LogP contribution >= 0.6 is 0 Å². The number of nitrogens with one attached hydrogen (secondary N) is 1. The number of amides is 2. The predicted molar refractivity (Wildman–Crippen MR) is 63.7 cm³/mol. The molecule has 0 aliphatic heterocycles. The van der Waals surface area contributed by atoms with Gasteiger partial charge in [-0.15, -0.1) is 0 Å². The van der Waals surface area contributed by atoms with E-state index < -0.39 is 6.09 Å². The number of ether oxygens (including phenoxy) is 1. The molecular formula is C12H16N2O3. The molecule has 1 rings (SSSR count). The minimum atomic E-state index is -0.840. The van der Waals surface area contributed by atoms with Crippen molar-refractivity contribution in [3.63, 3.8) is 0 Å². The number of hydrogen-bond donors (Lipinski definition) is 2. The number of carbonyl (C=O) groups excluding carboxylic acids is 2. The second-order valence-corrected chi connectivity index (χ2v) is 3.43. The van der Waals surface area contributed by atoms with Gasteiger partial charge in [-0.05, 0) is 18.1 Å². The van der Waals surface area contributed by atoms with Crippen molar-refractivity contribution < 1.29 is 14.3 Å². The van der Waals surface area contributed by atoms with Gasteiger partial charge >= 0.3 is 6.09 Å². The van der Waals surface area contributed by atoms with Crippen LogP contribution in [0.5, 0.6) is 0 Å². The summed E-state index contributed by atoms with van der Waals surface area (Å²) in [5, 5.41) is 2.66. The Balaban J connectivity index is 2.49. The molecule has 5 nitrogen and oxygen atoms in total. The van der Waals surface area contributed by atoms with E-state index in [4.69, 9.17) is 5.73 Å². The zero-order chi connectivity index (χ0) is 12.7. The molecule has 3 N–H and O–H groups in total. The van der Waals surface area contributed by atoms with Gasteiger partial charge in [0.25, 0.3) is 5.91 Å². The zero-order valence-electron chi connectivity index (χ0n) is 9.73. The smallest absolute Gasteiger partial charge is 0.404 e. The highest BCUT2D eigenvalue weighted by molar-refractivity contribution is 5.95. The van der Waals surface area contributed by atoms with Crippen molar-refractivity contribution in [1.82, 2.24) is 5.32 Å². The molecule has 5 heteroatoms. The Kier molecular flexibility index (Phi) is 5.00. The summed E-state index contributed by atoms with van der Waals surface area (Å²) in [7, 11) is 0. The Morgan fingerprint density at radius 3 is 2.71 bits per heavy atom. The third-order valence-corrected chi connectivity index (χ3v) is 2.27. The zero-order valence-corrected chi connectivity index (χ0v) is 9.73. The highest BCUT2D eigenvalue weighted by atomic mass is 16.5. The highest BCUT2D eigenvalue weighted by Crippen LogP contribution is 2.08. The molecule has 17 heavy (non-hydrogen) atoms. The SMILES string of the molecule is CCc1ccccc1C(=O)NCCOC(N)=O. The van der Waals surface area contributed by atoms with E-state index in [0.717, 1.165) is 12.0 Å². The number of aryl methyl sites for hydroxylation is 1. The van der Waals surface area contributed by atoms with Gasteiger partial charge in [-0.2, -0.15) is 0 Å². The van der Waals surface area contributed by atoms with Crippen LogP contribution in [0.25, 0.3) is 0 Å². The molecule has 0 aromatic heterocycles. The number of hydrogen-bond acceptors (Lipinski definition) is 3. The molecule has 1 aromatic carbocycles. The fourth-order valence-corrected chi connectivity index (χ4v) is 1.46. The lowest BCUT2D eigenvalue weighted by molar-refractivity contribution is 0.0936. The molecule has 0 atom stereocenters. The molecule has 0 bridgehead atoms. The van der Waals surface area contributed by atoms with Gasteiger partial charge in [0.2, 0.25) is 0 Å². The lowest BCUT2D eigenvalue weighted by atomic mass is 10.0. The van der Waals surface area contributed by atoms with Gasteiger partial charge in [0.15, 0.2) is 0 Å². The predicted octanol–water partition coefficient (Wildman–Crippen LogP) is 1.07. The summed E-state index contributed by atoms with van der Waals surface area (Å²) in [4.78, 5) is 22.1. The van der Waals surface area contributed by atoms with E-state index in [1.807, 2.05) is 25.1 Å². The Morgan fingerprint density at radius 1 is 1.35 bits per heavy atom. The van der Waals surface area contributed by atoms with Crippen molar-refractivity contribution in [3.8, 4) is 0 Å². The van der Waals surface area contributed by atoms with Gasteiger partial charge in [0, 0.05) is 5.56 Å². The van der Waals surface area contributed by atoms with E-state index in [9.17, 15) is 9.59 Å². The van der Waals surface area contributed by atoms with Gasteiger partial charge in [-0.1, -0.05) is 25.1 Å². The maximum Gasteiger partial charge on any atom is 0.404 e. The summed E-state index contributed by atoms with van der Waals surface area (Å²) >= 11 is 0. The van der Waals surface area contributed by atoms with Crippen molar-refractivity contribution >= 4 is 12.0 Å². The minimum absolute atomic E-state index is 0.0787. The quantitative estimate of drug-likeness (QED) is 0.750. The third kappa shape index (κ3) is 4.14. The summed E-state index contributed by atoms with van der Waals surface area (Å²) < 4.78 is 4.51. The van der Waals surface area contributed by atoms with Gasteiger partial charge in [-0.25, -0.2) is 4.79 Å². The molecule has 0 spiro atoms. The molecule has 0 saturated carbocycles. The van der Waals surface area contributed by atoms with Crippen molar-refractivity contribution in [2.75, 3.05) is 13.2 Å². The Hall–Kier alpha value is -2.04. The van der Waals surface area contributed by atoms with Crippen molar-refractivity contribution in [2.24, 2.45) is 5.73 Å².